The summed E-state index contributed by atoms with van der Waals surface area (Å²) in [6, 6.07) is 0. The van der Waals surface area contributed by atoms with Gasteiger partial charge in [-0.2, -0.15) is 0 Å². The average Bonchev–Trinajstić information content (AvgIpc) is 2.83. The van der Waals surface area contributed by atoms with Crippen molar-refractivity contribution in [3.05, 3.63) is 11.8 Å². The summed E-state index contributed by atoms with van der Waals surface area (Å²) in [7, 11) is 0. The van der Waals surface area contributed by atoms with Gasteiger partial charge in [0, 0.05) is 5.57 Å². The lowest BCUT2D eigenvalue weighted by Crippen LogP contribution is -2.49. The Hall–Kier alpha value is -0.830. The second-order valence-corrected chi connectivity index (χ2v) is 5.20. The number of hydrogen-bond donors (Lipinski definition) is 0. The molecule has 3 heteroatoms. The minimum Gasteiger partial charge on any atom is -0.501 e. The van der Waals surface area contributed by atoms with E-state index in [0.717, 1.165) is 38.1 Å². The van der Waals surface area contributed by atoms with Gasteiger partial charge in [0.25, 0.3) is 0 Å². The fourth-order valence-corrected chi connectivity index (χ4v) is 2.54. The summed E-state index contributed by atoms with van der Waals surface area (Å²) >= 11 is 0. The van der Waals surface area contributed by atoms with Crippen LogP contribution < -0.4 is 0 Å². The molecule has 2 aliphatic rings. The molecule has 0 aromatic rings. The van der Waals surface area contributed by atoms with Crippen molar-refractivity contribution in [1.82, 2.24) is 4.90 Å². The lowest BCUT2D eigenvalue weighted by atomic mass is 9.89. The van der Waals surface area contributed by atoms with Crippen molar-refractivity contribution in [1.29, 1.82) is 0 Å². The fourth-order valence-electron chi connectivity index (χ4n) is 2.54. The number of carbonyl (C=O) groups is 1. The molecule has 2 aliphatic heterocycles. The van der Waals surface area contributed by atoms with E-state index in [9.17, 15) is 4.79 Å². The topological polar surface area (TPSA) is 29.5 Å². The maximum atomic E-state index is 12.4. The number of ketones is 1. The van der Waals surface area contributed by atoms with E-state index in [4.69, 9.17) is 4.74 Å². The zero-order chi connectivity index (χ0) is 11.6. The average molecular weight is 223 g/mol. The Bertz CT molecular complexity index is 301. The Kier molecular flexibility index (Phi) is 3.33. The van der Waals surface area contributed by atoms with E-state index in [2.05, 4.69) is 4.90 Å². The smallest absolute Gasteiger partial charge is 0.181 e. The highest BCUT2D eigenvalue weighted by atomic mass is 16.5. The summed E-state index contributed by atoms with van der Waals surface area (Å²) < 4.78 is 5.26. The predicted molar refractivity (Wildman–Crippen MR) is 63.2 cm³/mol. The van der Waals surface area contributed by atoms with Crippen LogP contribution in [0.1, 0.15) is 39.5 Å². The highest BCUT2D eigenvalue weighted by molar-refractivity contribution is 6.02. The normalized spacial score (nSPS) is 22.8. The molecule has 0 bridgehead atoms. The second-order valence-electron chi connectivity index (χ2n) is 5.20. The van der Waals surface area contributed by atoms with Crippen molar-refractivity contribution in [3.63, 3.8) is 0 Å². The molecule has 90 valence electrons. The van der Waals surface area contributed by atoms with Crippen LogP contribution in [0.3, 0.4) is 0 Å². The maximum Gasteiger partial charge on any atom is 0.181 e. The van der Waals surface area contributed by atoms with Gasteiger partial charge in [-0.3, -0.25) is 9.69 Å². The standard InChI is InChI=1S/C13H21NO2/c1-13(2,14-7-3-4-8-14)12(15)11-6-5-9-16-10-11/h10H,3-9H2,1-2H3. The third kappa shape index (κ3) is 2.14. The summed E-state index contributed by atoms with van der Waals surface area (Å²) in [5.41, 5.74) is 0.506. The van der Waals surface area contributed by atoms with Gasteiger partial charge in [-0.25, -0.2) is 0 Å². The van der Waals surface area contributed by atoms with Gasteiger partial charge in [-0.15, -0.1) is 0 Å². The summed E-state index contributed by atoms with van der Waals surface area (Å²) in [5, 5.41) is 0. The Morgan fingerprint density at radius 1 is 1.31 bits per heavy atom. The van der Waals surface area contributed by atoms with Gasteiger partial charge in [0.05, 0.1) is 18.4 Å². The zero-order valence-corrected chi connectivity index (χ0v) is 10.3. The van der Waals surface area contributed by atoms with E-state index in [1.54, 1.807) is 6.26 Å². The summed E-state index contributed by atoms with van der Waals surface area (Å²) in [6.07, 6.45) is 5.94. The van der Waals surface area contributed by atoms with Crippen molar-refractivity contribution in [2.24, 2.45) is 0 Å². The maximum absolute atomic E-state index is 12.4. The lowest BCUT2D eigenvalue weighted by Gasteiger charge is -2.35. The first-order valence-electron chi connectivity index (χ1n) is 6.23. The van der Waals surface area contributed by atoms with E-state index >= 15 is 0 Å². The molecule has 0 spiro atoms. The van der Waals surface area contributed by atoms with Crippen molar-refractivity contribution in [3.8, 4) is 0 Å². The quantitative estimate of drug-likeness (QED) is 0.734. The first-order chi connectivity index (χ1) is 7.62. The van der Waals surface area contributed by atoms with Gasteiger partial charge in [-0.1, -0.05) is 0 Å². The van der Waals surface area contributed by atoms with E-state index < -0.39 is 0 Å². The molecule has 0 atom stereocenters. The number of Topliss-reactive ketones (excluding diaryl/α,β-unsaturated/α-hetero) is 1. The molecule has 0 saturated carbocycles. The monoisotopic (exact) mass is 223 g/mol. The van der Waals surface area contributed by atoms with Crippen LogP contribution in [0.15, 0.2) is 11.8 Å². The summed E-state index contributed by atoms with van der Waals surface area (Å²) in [6.45, 7) is 6.92. The molecule has 2 rings (SSSR count). The van der Waals surface area contributed by atoms with Crippen LogP contribution >= 0.6 is 0 Å². The summed E-state index contributed by atoms with van der Waals surface area (Å²) in [4.78, 5) is 14.7. The van der Waals surface area contributed by atoms with E-state index in [-0.39, 0.29) is 11.3 Å². The Labute approximate surface area is 97.5 Å². The summed E-state index contributed by atoms with van der Waals surface area (Å²) in [5.74, 6) is 0.245. The van der Waals surface area contributed by atoms with E-state index in [0.29, 0.717) is 0 Å². The highest BCUT2D eigenvalue weighted by Gasteiger charge is 2.37. The number of rotatable bonds is 3. The third-order valence-corrected chi connectivity index (χ3v) is 3.68. The molecule has 0 radical (unpaired) electrons. The molecule has 0 N–H and O–H groups in total. The Morgan fingerprint density at radius 2 is 2.00 bits per heavy atom. The number of nitrogens with zero attached hydrogens (tertiary/aromatic N) is 1. The van der Waals surface area contributed by atoms with Crippen LogP contribution in [0, 0.1) is 0 Å². The molecule has 16 heavy (non-hydrogen) atoms. The predicted octanol–water partition coefficient (Wildman–Crippen LogP) is 2.12. The number of carbonyl (C=O) groups excluding carboxylic acids is 1. The molecule has 0 aromatic heterocycles. The zero-order valence-electron chi connectivity index (χ0n) is 10.3. The molecule has 0 unspecified atom stereocenters. The van der Waals surface area contributed by atoms with Crippen LogP contribution in [0.25, 0.3) is 0 Å². The number of hydrogen-bond acceptors (Lipinski definition) is 3. The minimum absolute atomic E-state index is 0.245. The van der Waals surface area contributed by atoms with Crippen LogP contribution in [-0.4, -0.2) is 35.9 Å². The number of likely N-dealkylation sites (tertiary alicyclic amines) is 1. The third-order valence-electron chi connectivity index (χ3n) is 3.68. The van der Waals surface area contributed by atoms with Crippen LogP contribution in [-0.2, 0) is 9.53 Å². The minimum atomic E-state index is -0.358. The lowest BCUT2D eigenvalue weighted by molar-refractivity contribution is -0.125. The first-order valence-corrected chi connectivity index (χ1v) is 6.23. The van der Waals surface area contributed by atoms with Crippen molar-refractivity contribution >= 4 is 5.78 Å². The van der Waals surface area contributed by atoms with Crippen molar-refractivity contribution < 1.29 is 9.53 Å². The van der Waals surface area contributed by atoms with Crippen LogP contribution in [0.5, 0.6) is 0 Å². The number of ether oxygens (including phenoxy) is 1. The van der Waals surface area contributed by atoms with Crippen LogP contribution in [0.4, 0.5) is 0 Å². The van der Waals surface area contributed by atoms with Crippen molar-refractivity contribution in [2.45, 2.75) is 45.1 Å². The van der Waals surface area contributed by atoms with E-state index in [1.165, 1.54) is 12.8 Å². The fraction of sp³-hybridized carbons (Fsp3) is 0.769. The molecule has 0 aliphatic carbocycles. The molecular weight excluding hydrogens is 202 g/mol. The van der Waals surface area contributed by atoms with Gasteiger partial charge in [0.15, 0.2) is 5.78 Å². The molecule has 2 heterocycles. The van der Waals surface area contributed by atoms with Gasteiger partial charge < -0.3 is 4.74 Å². The van der Waals surface area contributed by atoms with Crippen LogP contribution in [0.2, 0.25) is 0 Å². The van der Waals surface area contributed by atoms with Crippen molar-refractivity contribution in [2.75, 3.05) is 19.7 Å². The van der Waals surface area contributed by atoms with Gasteiger partial charge in [0.1, 0.15) is 0 Å². The molecule has 1 fully saturated rings. The molecule has 0 aromatic carbocycles. The molecular formula is C13H21NO2. The molecule has 0 amide bonds. The second kappa shape index (κ2) is 4.58. The highest BCUT2D eigenvalue weighted by Crippen LogP contribution is 2.27. The van der Waals surface area contributed by atoms with E-state index in [1.807, 2.05) is 13.8 Å². The van der Waals surface area contributed by atoms with Gasteiger partial charge >= 0.3 is 0 Å². The van der Waals surface area contributed by atoms with Gasteiger partial charge in [-0.05, 0) is 52.6 Å². The molecule has 3 nitrogen and oxygen atoms in total. The molecule has 1 saturated heterocycles. The Morgan fingerprint density at radius 3 is 2.56 bits per heavy atom. The first kappa shape index (κ1) is 11.6. The van der Waals surface area contributed by atoms with Gasteiger partial charge in [0.2, 0.25) is 0 Å². The SMILES string of the molecule is CC(C)(C(=O)C1=COCCC1)N1CCCC1. The largest absolute Gasteiger partial charge is 0.501 e. The Balaban J connectivity index is 2.09.